The summed E-state index contributed by atoms with van der Waals surface area (Å²) in [6.07, 6.45) is 25.6. The summed E-state index contributed by atoms with van der Waals surface area (Å²) in [6, 6.07) is 0. The van der Waals surface area contributed by atoms with Crippen molar-refractivity contribution in [3.63, 3.8) is 0 Å². The van der Waals surface area contributed by atoms with Crippen LogP contribution < -0.4 is 0 Å². The Morgan fingerprint density at radius 2 is 1.29 bits per heavy atom. The lowest BCUT2D eigenvalue weighted by Gasteiger charge is -2.26. The summed E-state index contributed by atoms with van der Waals surface area (Å²) in [5.41, 5.74) is 0. The Balaban J connectivity index is 1.61. The molecule has 1 aliphatic rings. The van der Waals surface area contributed by atoms with Gasteiger partial charge in [-0.2, -0.15) is 0 Å². The molecule has 0 spiro atoms. The molecule has 0 aromatic rings. The molecule has 0 N–H and O–H groups in total. The van der Waals surface area contributed by atoms with Gasteiger partial charge in [-0.05, 0) is 19.3 Å². The van der Waals surface area contributed by atoms with Crippen LogP contribution in [0.25, 0.3) is 0 Å². The molecule has 0 aromatic carbocycles. The van der Waals surface area contributed by atoms with Gasteiger partial charge in [0, 0.05) is 6.61 Å². The first kappa shape index (κ1) is 19.0. The maximum Gasteiger partial charge on any atom is 0.0597 e. The first-order valence-corrected chi connectivity index (χ1v) is 9.86. The highest BCUT2D eigenvalue weighted by Crippen LogP contribution is 2.19. The van der Waals surface area contributed by atoms with E-state index in [9.17, 15) is 0 Å². The Morgan fingerprint density at radius 3 is 1.81 bits per heavy atom. The molecule has 1 atom stereocenters. The molecule has 1 heterocycles. The van der Waals surface area contributed by atoms with Gasteiger partial charge < -0.3 is 4.74 Å². The van der Waals surface area contributed by atoms with Crippen molar-refractivity contribution in [2.45, 2.75) is 116 Å². The Morgan fingerprint density at radius 1 is 0.762 bits per heavy atom. The van der Waals surface area contributed by atoms with Gasteiger partial charge in [0.05, 0.1) is 6.10 Å². The molecule has 1 heteroatoms. The highest BCUT2D eigenvalue weighted by atomic mass is 16.5. The van der Waals surface area contributed by atoms with E-state index in [0.29, 0.717) is 6.10 Å². The zero-order valence-corrected chi connectivity index (χ0v) is 14.6. The van der Waals surface area contributed by atoms with Crippen molar-refractivity contribution in [3.8, 4) is 0 Å². The lowest BCUT2D eigenvalue weighted by atomic mass is 10.0. The van der Waals surface area contributed by atoms with Crippen molar-refractivity contribution >= 4 is 0 Å². The van der Waals surface area contributed by atoms with E-state index in [1.54, 1.807) is 0 Å². The molecule has 0 amide bonds. The molecule has 1 nitrogen and oxygen atoms in total. The largest absolute Gasteiger partial charge is 0.378 e. The monoisotopic (exact) mass is 295 g/mol. The van der Waals surface area contributed by atoms with E-state index in [4.69, 9.17) is 4.74 Å². The first-order chi connectivity index (χ1) is 10.4. The van der Waals surface area contributed by atoms with E-state index in [-0.39, 0.29) is 0 Å². The van der Waals surface area contributed by atoms with Crippen LogP contribution in [0.3, 0.4) is 0 Å². The van der Waals surface area contributed by atoms with Crippen molar-refractivity contribution in [3.05, 3.63) is 6.42 Å². The first-order valence-electron chi connectivity index (χ1n) is 9.86. The van der Waals surface area contributed by atoms with Crippen molar-refractivity contribution in [2.24, 2.45) is 0 Å². The maximum atomic E-state index is 5.45. The van der Waals surface area contributed by atoms with Gasteiger partial charge in [-0.15, -0.1) is 0 Å². The van der Waals surface area contributed by atoms with Crippen molar-refractivity contribution in [1.82, 2.24) is 0 Å². The second-order valence-corrected chi connectivity index (χ2v) is 6.83. The third-order valence-electron chi connectivity index (χ3n) is 4.74. The highest BCUT2D eigenvalue weighted by molar-refractivity contribution is 4.66. The van der Waals surface area contributed by atoms with Crippen LogP contribution in [0.4, 0.5) is 0 Å². The average molecular weight is 296 g/mol. The zero-order chi connectivity index (χ0) is 15.0. The summed E-state index contributed by atoms with van der Waals surface area (Å²) in [5.74, 6) is 0. The molecule has 0 aliphatic carbocycles. The van der Waals surface area contributed by atoms with Crippen LogP contribution >= 0.6 is 0 Å². The Bertz CT molecular complexity index is 198. The van der Waals surface area contributed by atoms with Gasteiger partial charge in [0.2, 0.25) is 0 Å². The van der Waals surface area contributed by atoms with E-state index < -0.39 is 0 Å². The van der Waals surface area contributed by atoms with Gasteiger partial charge in [0.25, 0.3) is 0 Å². The van der Waals surface area contributed by atoms with E-state index in [2.05, 4.69) is 13.3 Å². The summed E-state index contributed by atoms with van der Waals surface area (Å²) in [7, 11) is 0. The number of hydrogen-bond donors (Lipinski definition) is 0. The molecule has 1 fully saturated rings. The normalized spacial score (nSPS) is 17.9. The number of ether oxygens (including phenoxy) is 1. The smallest absolute Gasteiger partial charge is 0.0597 e. The van der Waals surface area contributed by atoms with E-state index in [1.807, 2.05) is 0 Å². The lowest BCUT2D eigenvalue weighted by molar-refractivity contribution is -0.0555. The van der Waals surface area contributed by atoms with Gasteiger partial charge in [0.15, 0.2) is 0 Å². The third-order valence-corrected chi connectivity index (χ3v) is 4.74. The standard InChI is InChI=1S/C20H39O/c1-2-3-4-5-6-7-8-9-10-11-12-13-14-15-16-17-20-18-19-21-20/h9,20H,2-8,10-19H2,1H3. The Hall–Kier alpha value is -0.0400. The summed E-state index contributed by atoms with van der Waals surface area (Å²) in [5, 5.41) is 0. The molecule has 1 saturated heterocycles. The predicted octanol–water partition coefficient (Wildman–Crippen LogP) is 6.85. The van der Waals surface area contributed by atoms with E-state index in [1.165, 1.54) is 103 Å². The van der Waals surface area contributed by atoms with Crippen molar-refractivity contribution in [1.29, 1.82) is 0 Å². The van der Waals surface area contributed by atoms with Gasteiger partial charge in [-0.1, -0.05) is 96.8 Å². The van der Waals surface area contributed by atoms with Gasteiger partial charge in [0.1, 0.15) is 0 Å². The molecule has 1 aliphatic heterocycles. The van der Waals surface area contributed by atoms with Crippen LogP contribution in [-0.4, -0.2) is 12.7 Å². The number of rotatable bonds is 16. The molecule has 0 aromatic heterocycles. The minimum atomic E-state index is 0.626. The molecule has 125 valence electrons. The predicted molar refractivity (Wildman–Crippen MR) is 93.6 cm³/mol. The van der Waals surface area contributed by atoms with Crippen LogP contribution in [-0.2, 0) is 4.74 Å². The van der Waals surface area contributed by atoms with Crippen LogP contribution in [0.2, 0.25) is 0 Å². The van der Waals surface area contributed by atoms with Crippen LogP contribution in [0.1, 0.15) is 110 Å². The fourth-order valence-corrected chi connectivity index (χ4v) is 3.09. The van der Waals surface area contributed by atoms with Crippen LogP contribution in [0, 0.1) is 6.42 Å². The topological polar surface area (TPSA) is 9.23 Å². The Kier molecular flexibility index (Phi) is 13.5. The second-order valence-electron chi connectivity index (χ2n) is 6.83. The summed E-state index contributed by atoms with van der Waals surface area (Å²) in [6.45, 7) is 3.30. The van der Waals surface area contributed by atoms with E-state index in [0.717, 1.165) is 6.61 Å². The van der Waals surface area contributed by atoms with Crippen molar-refractivity contribution in [2.75, 3.05) is 6.61 Å². The number of unbranched alkanes of at least 4 members (excludes halogenated alkanes) is 14. The maximum absolute atomic E-state index is 5.45. The summed E-state index contributed by atoms with van der Waals surface area (Å²) < 4.78 is 5.45. The molecule has 1 radical (unpaired) electrons. The van der Waals surface area contributed by atoms with Crippen LogP contribution in [0.5, 0.6) is 0 Å². The quantitative estimate of drug-likeness (QED) is 0.283. The molecule has 1 unspecified atom stereocenters. The fraction of sp³-hybridized carbons (Fsp3) is 0.950. The number of hydrogen-bond acceptors (Lipinski definition) is 1. The highest BCUT2D eigenvalue weighted by Gasteiger charge is 2.16. The minimum absolute atomic E-state index is 0.626. The molecule has 0 bridgehead atoms. The van der Waals surface area contributed by atoms with Gasteiger partial charge in [-0.25, -0.2) is 0 Å². The van der Waals surface area contributed by atoms with Crippen molar-refractivity contribution < 1.29 is 4.74 Å². The Labute approximate surface area is 134 Å². The SMILES string of the molecule is CCCCCCCC[CH]CCCCCCCCC1CCO1. The summed E-state index contributed by atoms with van der Waals surface area (Å²) >= 11 is 0. The molecule has 21 heavy (non-hydrogen) atoms. The minimum Gasteiger partial charge on any atom is -0.378 e. The molecule has 1 rings (SSSR count). The molecular weight excluding hydrogens is 256 g/mol. The van der Waals surface area contributed by atoms with Crippen LogP contribution in [0.15, 0.2) is 0 Å². The fourth-order valence-electron chi connectivity index (χ4n) is 3.09. The zero-order valence-electron chi connectivity index (χ0n) is 14.6. The van der Waals surface area contributed by atoms with Gasteiger partial charge >= 0.3 is 0 Å². The van der Waals surface area contributed by atoms with Gasteiger partial charge in [-0.3, -0.25) is 0 Å². The molecule has 0 saturated carbocycles. The second kappa shape index (κ2) is 14.9. The lowest BCUT2D eigenvalue weighted by Crippen LogP contribution is -2.26. The third kappa shape index (κ3) is 12.2. The molecular formula is C20H39O. The average Bonchev–Trinajstić information content (AvgIpc) is 2.45. The van der Waals surface area contributed by atoms with E-state index >= 15 is 0 Å². The summed E-state index contributed by atoms with van der Waals surface area (Å²) in [4.78, 5) is 0.